The fourth-order valence-corrected chi connectivity index (χ4v) is 1.91. The molecule has 3 rings (SSSR count). The number of aliphatic imine (C=N–C) groups is 1. The highest BCUT2D eigenvalue weighted by Crippen LogP contribution is 2.22. The van der Waals surface area contributed by atoms with E-state index in [4.69, 9.17) is 27.6 Å². The first-order chi connectivity index (χ1) is 10.2. The lowest BCUT2D eigenvalue weighted by molar-refractivity contribution is 0.580. The summed E-state index contributed by atoms with van der Waals surface area (Å²) in [5.74, 6) is 0.398. The second-order valence-electron chi connectivity index (χ2n) is 4.21. The quantitative estimate of drug-likeness (QED) is 0.652. The number of nitrogens with zero attached hydrogens (tertiary/aromatic N) is 3. The first kappa shape index (κ1) is 13.8. The first-order valence-corrected chi connectivity index (χ1v) is 6.85. The van der Waals surface area contributed by atoms with E-state index < -0.39 is 0 Å². The minimum Gasteiger partial charge on any atom is -0.402 e. The number of halogens is 2. The lowest BCUT2D eigenvalue weighted by Crippen LogP contribution is -1.78. The third-order valence-electron chi connectivity index (χ3n) is 2.70. The summed E-state index contributed by atoms with van der Waals surface area (Å²) >= 11 is 11.6. The van der Waals surface area contributed by atoms with Gasteiger partial charge in [-0.05, 0) is 42.0 Å². The van der Waals surface area contributed by atoms with Crippen LogP contribution in [-0.2, 0) is 0 Å². The van der Waals surface area contributed by atoms with Crippen molar-refractivity contribution < 1.29 is 4.42 Å². The predicted octanol–water partition coefficient (Wildman–Crippen LogP) is 4.79. The second kappa shape index (κ2) is 6.08. The van der Waals surface area contributed by atoms with Gasteiger partial charge in [0.2, 0.25) is 5.89 Å². The van der Waals surface area contributed by atoms with Crippen molar-refractivity contribution in [3.8, 4) is 11.5 Å². The van der Waals surface area contributed by atoms with Gasteiger partial charge in [-0.2, -0.15) is 0 Å². The van der Waals surface area contributed by atoms with Gasteiger partial charge in [0.15, 0.2) is 0 Å². The zero-order chi connectivity index (χ0) is 14.7. The fraction of sp³-hybridized carbons (Fsp3) is 0. The van der Waals surface area contributed by atoms with Crippen LogP contribution in [0.2, 0.25) is 10.0 Å². The van der Waals surface area contributed by atoms with E-state index in [0.29, 0.717) is 15.9 Å². The zero-order valence-corrected chi connectivity index (χ0v) is 12.2. The Morgan fingerprint density at radius 2 is 1.48 bits per heavy atom. The van der Waals surface area contributed by atoms with E-state index in [1.54, 1.807) is 30.5 Å². The predicted molar refractivity (Wildman–Crippen MR) is 83.5 cm³/mol. The summed E-state index contributed by atoms with van der Waals surface area (Å²) < 4.78 is 5.47. The molecule has 0 radical (unpaired) electrons. The third kappa shape index (κ3) is 3.48. The first-order valence-electron chi connectivity index (χ1n) is 6.10. The van der Waals surface area contributed by atoms with Gasteiger partial charge in [0.1, 0.15) is 0 Å². The molecule has 0 aliphatic rings. The van der Waals surface area contributed by atoms with Crippen LogP contribution in [0.15, 0.2) is 57.9 Å². The van der Waals surface area contributed by atoms with E-state index in [0.717, 1.165) is 11.1 Å². The summed E-state index contributed by atoms with van der Waals surface area (Å²) in [7, 11) is 0. The Labute approximate surface area is 131 Å². The van der Waals surface area contributed by atoms with Crippen molar-refractivity contribution >= 4 is 35.4 Å². The number of aromatic nitrogens is 2. The molecular formula is C15H9Cl2N3O. The van der Waals surface area contributed by atoms with E-state index in [-0.39, 0.29) is 6.01 Å². The number of benzene rings is 2. The number of hydrogen-bond donors (Lipinski definition) is 0. The molecule has 0 aliphatic heterocycles. The summed E-state index contributed by atoms with van der Waals surface area (Å²) in [6.45, 7) is 0. The van der Waals surface area contributed by atoms with Crippen LogP contribution in [0.4, 0.5) is 6.01 Å². The van der Waals surface area contributed by atoms with Crippen molar-refractivity contribution in [3.05, 3.63) is 64.1 Å². The molecule has 0 N–H and O–H groups in total. The van der Waals surface area contributed by atoms with Gasteiger partial charge in [0.25, 0.3) is 0 Å². The largest absolute Gasteiger partial charge is 0.402 e. The van der Waals surface area contributed by atoms with Gasteiger partial charge in [0.05, 0.1) is 0 Å². The lowest BCUT2D eigenvalue weighted by Gasteiger charge is -1.93. The van der Waals surface area contributed by atoms with Crippen molar-refractivity contribution in [2.24, 2.45) is 4.99 Å². The molecule has 0 saturated heterocycles. The summed E-state index contributed by atoms with van der Waals surface area (Å²) in [6, 6.07) is 14.6. The summed E-state index contributed by atoms with van der Waals surface area (Å²) in [4.78, 5) is 4.14. The maximum atomic E-state index is 5.83. The standard InChI is InChI=1S/C15H9Cl2N3O/c16-12-5-1-10(2-6-12)9-18-15-20-19-14(21-15)11-3-7-13(17)8-4-11/h1-9H/b18-9+. The fourth-order valence-electron chi connectivity index (χ4n) is 1.66. The van der Waals surface area contributed by atoms with Crippen molar-refractivity contribution in [2.45, 2.75) is 0 Å². The Bertz CT molecular complexity index is 764. The third-order valence-corrected chi connectivity index (χ3v) is 3.20. The van der Waals surface area contributed by atoms with Crippen molar-refractivity contribution in [1.29, 1.82) is 0 Å². The highest BCUT2D eigenvalue weighted by atomic mass is 35.5. The summed E-state index contributed by atoms with van der Waals surface area (Å²) in [5.41, 5.74) is 1.69. The molecule has 0 unspecified atom stereocenters. The number of rotatable bonds is 3. The van der Waals surface area contributed by atoms with Gasteiger partial charge in [-0.25, -0.2) is 4.99 Å². The minimum atomic E-state index is 0.190. The Hall–Kier alpha value is -2.17. The van der Waals surface area contributed by atoms with Crippen LogP contribution in [0.1, 0.15) is 5.56 Å². The molecule has 1 aromatic heterocycles. The maximum absolute atomic E-state index is 5.83. The molecule has 21 heavy (non-hydrogen) atoms. The monoisotopic (exact) mass is 317 g/mol. The average Bonchev–Trinajstić information content (AvgIpc) is 2.96. The molecule has 3 aromatic rings. The zero-order valence-electron chi connectivity index (χ0n) is 10.7. The van der Waals surface area contributed by atoms with Gasteiger partial charge in [0, 0.05) is 21.8 Å². The minimum absolute atomic E-state index is 0.190. The van der Waals surface area contributed by atoms with Gasteiger partial charge < -0.3 is 4.42 Å². The summed E-state index contributed by atoms with van der Waals surface area (Å²) in [6.07, 6.45) is 1.63. The van der Waals surface area contributed by atoms with Crippen molar-refractivity contribution in [2.75, 3.05) is 0 Å². The van der Waals surface area contributed by atoms with E-state index in [2.05, 4.69) is 15.2 Å². The molecule has 6 heteroatoms. The Balaban J connectivity index is 1.78. The van der Waals surface area contributed by atoms with Gasteiger partial charge in [-0.3, -0.25) is 0 Å². The molecule has 104 valence electrons. The van der Waals surface area contributed by atoms with E-state index in [1.165, 1.54) is 0 Å². The molecule has 0 atom stereocenters. The second-order valence-corrected chi connectivity index (χ2v) is 5.08. The van der Waals surface area contributed by atoms with Crippen LogP contribution < -0.4 is 0 Å². The smallest absolute Gasteiger partial charge is 0.342 e. The lowest BCUT2D eigenvalue weighted by atomic mass is 10.2. The Morgan fingerprint density at radius 3 is 2.14 bits per heavy atom. The maximum Gasteiger partial charge on any atom is 0.342 e. The molecule has 0 bridgehead atoms. The van der Waals surface area contributed by atoms with Crippen LogP contribution in [0.25, 0.3) is 11.5 Å². The van der Waals surface area contributed by atoms with Crippen LogP contribution >= 0.6 is 23.2 Å². The highest BCUT2D eigenvalue weighted by Gasteiger charge is 2.07. The van der Waals surface area contributed by atoms with E-state index in [9.17, 15) is 0 Å². The van der Waals surface area contributed by atoms with Gasteiger partial charge in [-0.15, -0.1) is 5.10 Å². The normalized spacial score (nSPS) is 11.1. The van der Waals surface area contributed by atoms with Crippen LogP contribution in [0.5, 0.6) is 0 Å². The molecule has 1 heterocycles. The molecule has 4 nitrogen and oxygen atoms in total. The number of hydrogen-bond acceptors (Lipinski definition) is 4. The van der Waals surface area contributed by atoms with Gasteiger partial charge in [-0.1, -0.05) is 40.4 Å². The average molecular weight is 318 g/mol. The molecule has 0 amide bonds. The Kier molecular flexibility index (Phi) is 3.99. The van der Waals surface area contributed by atoms with Crippen LogP contribution in [0, 0.1) is 0 Å². The molecule has 0 spiro atoms. The van der Waals surface area contributed by atoms with Crippen LogP contribution in [-0.4, -0.2) is 16.4 Å². The SMILES string of the molecule is Clc1ccc(/C=N/c2nnc(-c3ccc(Cl)cc3)o2)cc1. The summed E-state index contributed by atoms with van der Waals surface area (Å²) in [5, 5.41) is 9.15. The van der Waals surface area contributed by atoms with Crippen LogP contribution in [0.3, 0.4) is 0 Å². The molecule has 2 aromatic carbocycles. The molecule has 0 aliphatic carbocycles. The van der Waals surface area contributed by atoms with E-state index in [1.807, 2.05) is 24.3 Å². The van der Waals surface area contributed by atoms with Crippen molar-refractivity contribution in [3.63, 3.8) is 0 Å². The molecule has 0 fully saturated rings. The van der Waals surface area contributed by atoms with E-state index >= 15 is 0 Å². The Morgan fingerprint density at radius 1 is 0.857 bits per heavy atom. The van der Waals surface area contributed by atoms with Gasteiger partial charge >= 0.3 is 6.01 Å². The topological polar surface area (TPSA) is 51.3 Å². The molecule has 0 saturated carbocycles. The van der Waals surface area contributed by atoms with Crippen molar-refractivity contribution in [1.82, 2.24) is 10.2 Å². The highest BCUT2D eigenvalue weighted by molar-refractivity contribution is 6.30. The molecular weight excluding hydrogens is 309 g/mol.